The molecule has 4 heteroatoms. The van der Waals surface area contributed by atoms with Crippen LogP contribution in [0.2, 0.25) is 0 Å². The van der Waals surface area contributed by atoms with E-state index >= 15 is 0 Å². The summed E-state index contributed by atoms with van der Waals surface area (Å²) in [7, 11) is 3.92. The van der Waals surface area contributed by atoms with Gasteiger partial charge in [-0.15, -0.1) is 0 Å². The van der Waals surface area contributed by atoms with Gasteiger partial charge in [0, 0.05) is 32.2 Å². The molecule has 1 saturated heterocycles. The summed E-state index contributed by atoms with van der Waals surface area (Å²) in [5, 5.41) is 6.94. The van der Waals surface area contributed by atoms with Gasteiger partial charge in [0.15, 0.2) is 0 Å². The quantitative estimate of drug-likeness (QED) is 0.848. The predicted octanol–water partition coefficient (Wildman–Crippen LogP) is 1.71. The number of likely N-dealkylation sites (N-methyl/N-ethyl adjacent to an activating group) is 1. The van der Waals surface area contributed by atoms with Crippen LogP contribution < -0.4 is 15.4 Å². The topological polar surface area (TPSA) is 36.5 Å². The van der Waals surface area contributed by atoms with Crippen molar-refractivity contribution in [2.45, 2.75) is 19.4 Å². The second-order valence-electron chi connectivity index (χ2n) is 5.26. The third kappa shape index (κ3) is 3.85. The molecule has 0 radical (unpaired) electrons. The van der Waals surface area contributed by atoms with Gasteiger partial charge in [0.25, 0.3) is 0 Å². The molecule has 4 nitrogen and oxygen atoms in total. The van der Waals surface area contributed by atoms with E-state index in [9.17, 15) is 0 Å². The zero-order chi connectivity index (χ0) is 13.7. The number of benzene rings is 1. The first-order valence-electron chi connectivity index (χ1n) is 7.00. The third-order valence-electron chi connectivity index (χ3n) is 3.79. The summed E-state index contributed by atoms with van der Waals surface area (Å²) >= 11 is 0. The van der Waals surface area contributed by atoms with Crippen LogP contribution in [0.3, 0.4) is 0 Å². The van der Waals surface area contributed by atoms with Gasteiger partial charge in [-0.05, 0) is 38.1 Å². The van der Waals surface area contributed by atoms with E-state index in [0.717, 1.165) is 44.0 Å². The number of nitrogens with one attached hydrogen (secondary N) is 2. The van der Waals surface area contributed by atoms with Gasteiger partial charge in [0.05, 0.1) is 12.8 Å². The summed E-state index contributed by atoms with van der Waals surface area (Å²) in [6, 6.07) is 6.85. The standard InChI is InChI=1S/C15H25N3O/c1-12-4-5-15(19-3)14(10-12)17-7-6-13-11-16-8-9-18(13)2/h4-5,10,13,16-17H,6-9,11H2,1-3H3. The van der Waals surface area contributed by atoms with Gasteiger partial charge in [0.1, 0.15) is 5.75 Å². The Labute approximate surface area is 116 Å². The molecule has 106 valence electrons. The number of ether oxygens (including phenoxy) is 1. The summed E-state index contributed by atoms with van der Waals surface area (Å²) in [4.78, 5) is 2.44. The first-order valence-corrected chi connectivity index (χ1v) is 7.00. The van der Waals surface area contributed by atoms with Crippen molar-refractivity contribution in [1.29, 1.82) is 0 Å². The van der Waals surface area contributed by atoms with Gasteiger partial charge in [-0.2, -0.15) is 0 Å². The number of rotatable bonds is 5. The van der Waals surface area contributed by atoms with Crippen LogP contribution in [0.4, 0.5) is 5.69 Å². The van der Waals surface area contributed by atoms with Crippen LogP contribution >= 0.6 is 0 Å². The van der Waals surface area contributed by atoms with Crippen LogP contribution in [-0.2, 0) is 0 Å². The minimum atomic E-state index is 0.622. The number of aryl methyl sites for hydroxylation is 1. The monoisotopic (exact) mass is 263 g/mol. The zero-order valence-electron chi connectivity index (χ0n) is 12.2. The van der Waals surface area contributed by atoms with E-state index in [1.165, 1.54) is 5.56 Å². The molecule has 0 amide bonds. The van der Waals surface area contributed by atoms with E-state index in [0.29, 0.717) is 6.04 Å². The molecule has 1 heterocycles. The summed E-state index contributed by atoms with van der Waals surface area (Å²) in [5.74, 6) is 0.917. The van der Waals surface area contributed by atoms with Crippen LogP contribution in [0.1, 0.15) is 12.0 Å². The zero-order valence-corrected chi connectivity index (χ0v) is 12.2. The lowest BCUT2D eigenvalue weighted by Gasteiger charge is -2.33. The summed E-state index contributed by atoms with van der Waals surface area (Å²) < 4.78 is 5.38. The van der Waals surface area contributed by atoms with Crippen molar-refractivity contribution in [3.8, 4) is 5.75 Å². The highest BCUT2D eigenvalue weighted by molar-refractivity contribution is 5.57. The minimum Gasteiger partial charge on any atom is -0.495 e. The molecule has 19 heavy (non-hydrogen) atoms. The highest BCUT2D eigenvalue weighted by Gasteiger charge is 2.17. The van der Waals surface area contributed by atoms with Crippen molar-refractivity contribution in [2.24, 2.45) is 0 Å². The van der Waals surface area contributed by atoms with Crippen LogP contribution in [-0.4, -0.2) is 51.3 Å². The lowest BCUT2D eigenvalue weighted by atomic mass is 10.1. The van der Waals surface area contributed by atoms with E-state index < -0.39 is 0 Å². The van der Waals surface area contributed by atoms with Crippen LogP contribution in [0.15, 0.2) is 18.2 Å². The number of hydrogen-bond acceptors (Lipinski definition) is 4. The molecule has 0 saturated carbocycles. The van der Waals surface area contributed by atoms with E-state index in [-0.39, 0.29) is 0 Å². The molecule has 0 aliphatic carbocycles. The Morgan fingerprint density at radius 2 is 2.32 bits per heavy atom. The molecular formula is C15H25N3O. The number of anilines is 1. The molecule has 1 unspecified atom stereocenters. The Morgan fingerprint density at radius 1 is 1.47 bits per heavy atom. The smallest absolute Gasteiger partial charge is 0.141 e. The van der Waals surface area contributed by atoms with Crippen molar-refractivity contribution in [1.82, 2.24) is 10.2 Å². The summed E-state index contributed by atoms with van der Waals surface area (Å²) in [6.45, 7) is 6.40. The van der Waals surface area contributed by atoms with Crippen molar-refractivity contribution in [2.75, 3.05) is 45.7 Å². The molecule has 1 fully saturated rings. The Morgan fingerprint density at radius 3 is 3.05 bits per heavy atom. The first kappa shape index (κ1) is 14.2. The summed E-state index contributed by atoms with van der Waals surface area (Å²) in [6.07, 6.45) is 1.14. The van der Waals surface area contributed by atoms with E-state index in [1.54, 1.807) is 7.11 Å². The van der Waals surface area contributed by atoms with Gasteiger partial charge in [-0.3, -0.25) is 0 Å². The third-order valence-corrected chi connectivity index (χ3v) is 3.79. The molecule has 1 aliphatic heterocycles. The lowest BCUT2D eigenvalue weighted by Crippen LogP contribution is -2.49. The minimum absolute atomic E-state index is 0.622. The average Bonchev–Trinajstić information content (AvgIpc) is 2.41. The van der Waals surface area contributed by atoms with E-state index in [1.807, 2.05) is 6.07 Å². The first-order chi connectivity index (χ1) is 9.20. The molecule has 1 aliphatic rings. The van der Waals surface area contributed by atoms with Gasteiger partial charge in [-0.25, -0.2) is 0 Å². The maximum Gasteiger partial charge on any atom is 0.141 e. The SMILES string of the molecule is COc1ccc(C)cc1NCCC1CNCCN1C. The predicted molar refractivity (Wildman–Crippen MR) is 80.1 cm³/mol. The molecular weight excluding hydrogens is 238 g/mol. The highest BCUT2D eigenvalue weighted by atomic mass is 16.5. The molecule has 1 aromatic carbocycles. The lowest BCUT2D eigenvalue weighted by molar-refractivity contribution is 0.194. The molecule has 2 N–H and O–H groups in total. The fourth-order valence-corrected chi connectivity index (χ4v) is 2.52. The second kappa shape index (κ2) is 6.78. The number of nitrogens with zero attached hydrogens (tertiary/aromatic N) is 1. The number of methoxy groups -OCH3 is 1. The molecule has 0 bridgehead atoms. The molecule has 2 rings (SSSR count). The maximum absolute atomic E-state index is 5.38. The van der Waals surface area contributed by atoms with Crippen LogP contribution in [0.5, 0.6) is 5.75 Å². The average molecular weight is 263 g/mol. The van der Waals surface area contributed by atoms with Gasteiger partial charge >= 0.3 is 0 Å². The Hall–Kier alpha value is -1.26. The van der Waals surface area contributed by atoms with Crippen molar-refractivity contribution < 1.29 is 4.74 Å². The van der Waals surface area contributed by atoms with Crippen LogP contribution in [0.25, 0.3) is 0 Å². The maximum atomic E-state index is 5.38. The van der Waals surface area contributed by atoms with Crippen molar-refractivity contribution >= 4 is 5.69 Å². The second-order valence-corrected chi connectivity index (χ2v) is 5.26. The Bertz CT molecular complexity index is 408. The Kier molecular flexibility index (Phi) is 5.05. The van der Waals surface area contributed by atoms with Crippen molar-refractivity contribution in [3.05, 3.63) is 23.8 Å². The van der Waals surface area contributed by atoms with Gasteiger partial charge in [0.2, 0.25) is 0 Å². The van der Waals surface area contributed by atoms with E-state index in [2.05, 4.69) is 41.6 Å². The molecule has 1 aromatic rings. The largest absolute Gasteiger partial charge is 0.495 e. The van der Waals surface area contributed by atoms with E-state index in [4.69, 9.17) is 4.74 Å². The Balaban J connectivity index is 1.86. The highest BCUT2D eigenvalue weighted by Crippen LogP contribution is 2.25. The normalized spacial score (nSPS) is 20.3. The van der Waals surface area contributed by atoms with Crippen molar-refractivity contribution in [3.63, 3.8) is 0 Å². The molecule has 0 aromatic heterocycles. The van der Waals surface area contributed by atoms with Gasteiger partial charge in [-0.1, -0.05) is 6.07 Å². The van der Waals surface area contributed by atoms with Crippen LogP contribution in [0, 0.1) is 6.92 Å². The fraction of sp³-hybridized carbons (Fsp3) is 0.600. The fourth-order valence-electron chi connectivity index (χ4n) is 2.52. The molecule has 1 atom stereocenters. The van der Waals surface area contributed by atoms with Gasteiger partial charge < -0.3 is 20.3 Å². The summed E-state index contributed by atoms with van der Waals surface area (Å²) in [5.41, 5.74) is 2.34. The molecule has 0 spiro atoms. The number of hydrogen-bond donors (Lipinski definition) is 2. The number of piperazine rings is 1.